The summed E-state index contributed by atoms with van der Waals surface area (Å²) in [5.74, 6) is -1.53. The standard InChI is InChI=1S/C23H27NO5/c1-14(10-20(24)21(25)12-22(26)27)11-23(28)29-13-19-17-8-4-2-6-15(17)16-7-3-5-9-18(16)19/h2-9,14,19-21,25H,10-13,24H2,1H3,(H,26,27). The van der Waals surface area contributed by atoms with Crippen molar-refractivity contribution >= 4 is 11.9 Å². The molecule has 0 saturated heterocycles. The van der Waals surface area contributed by atoms with E-state index in [9.17, 15) is 14.7 Å². The zero-order valence-electron chi connectivity index (χ0n) is 16.5. The van der Waals surface area contributed by atoms with Crippen LogP contribution in [0, 0.1) is 5.92 Å². The summed E-state index contributed by atoms with van der Waals surface area (Å²) in [4.78, 5) is 23.0. The first-order valence-corrected chi connectivity index (χ1v) is 9.86. The molecule has 6 nitrogen and oxygen atoms in total. The summed E-state index contributed by atoms with van der Waals surface area (Å²) in [5.41, 5.74) is 10.5. The van der Waals surface area contributed by atoms with Gasteiger partial charge < -0.3 is 20.7 Å². The molecule has 2 aromatic rings. The van der Waals surface area contributed by atoms with Crippen molar-refractivity contribution < 1.29 is 24.5 Å². The molecule has 29 heavy (non-hydrogen) atoms. The van der Waals surface area contributed by atoms with Crippen molar-refractivity contribution in [2.24, 2.45) is 11.7 Å². The number of carbonyl (C=O) groups excluding carboxylic acids is 1. The van der Waals surface area contributed by atoms with Crippen LogP contribution < -0.4 is 5.73 Å². The van der Waals surface area contributed by atoms with Crippen LogP contribution >= 0.6 is 0 Å². The van der Waals surface area contributed by atoms with E-state index in [0.717, 1.165) is 11.1 Å². The first-order valence-electron chi connectivity index (χ1n) is 9.86. The lowest BCUT2D eigenvalue weighted by Crippen LogP contribution is -2.37. The van der Waals surface area contributed by atoms with Crippen molar-refractivity contribution in [2.45, 2.75) is 44.2 Å². The second kappa shape index (κ2) is 9.20. The van der Waals surface area contributed by atoms with Gasteiger partial charge in [-0.05, 0) is 34.6 Å². The molecular formula is C23H27NO5. The van der Waals surface area contributed by atoms with Crippen LogP contribution in [-0.2, 0) is 14.3 Å². The Hall–Kier alpha value is -2.70. The summed E-state index contributed by atoms with van der Waals surface area (Å²) >= 11 is 0. The second-order valence-corrected chi connectivity index (χ2v) is 7.78. The smallest absolute Gasteiger partial charge is 0.306 e. The van der Waals surface area contributed by atoms with Crippen molar-refractivity contribution in [3.63, 3.8) is 0 Å². The number of esters is 1. The van der Waals surface area contributed by atoms with E-state index in [4.69, 9.17) is 15.6 Å². The molecule has 1 aliphatic carbocycles. The fourth-order valence-electron chi connectivity index (χ4n) is 3.99. The van der Waals surface area contributed by atoms with Gasteiger partial charge in [0.2, 0.25) is 0 Å². The van der Waals surface area contributed by atoms with Crippen LogP contribution in [-0.4, -0.2) is 40.9 Å². The molecule has 0 saturated carbocycles. The van der Waals surface area contributed by atoms with Crippen LogP contribution in [0.4, 0.5) is 0 Å². The number of fused-ring (bicyclic) bond motifs is 3. The molecule has 154 valence electrons. The largest absolute Gasteiger partial charge is 0.481 e. The Labute approximate surface area is 170 Å². The first kappa shape index (κ1) is 21.0. The predicted molar refractivity (Wildman–Crippen MR) is 109 cm³/mol. The summed E-state index contributed by atoms with van der Waals surface area (Å²) in [6.45, 7) is 2.11. The third-order valence-corrected chi connectivity index (χ3v) is 5.44. The topological polar surface area (TPSA) is 110 Å². The fraction of sp³-hybridized carbons (Fsp3) is 0.391. The van der Waals surface area contributed by atoms with E-state index >= 15 is 0 Å². The van der Waals surface area contributed by atoms with Crippen LogP contribution in [0.5, 0.6) is 0 Å². The Morgan fingerprint density at radius 3 is 2.14 bits per heavy atom. The number of aliphatic carboxylic acids is 1. The summed E-state index contributed by atoms with van der Waals surface area (Å²) in [7, 11) is 0. The quantitative estimate of drug-likeness (QED) is 0.561. The molecule has 0 amide bonds. The molecule has 0 aliphatic heterocycles. The Morgan fingerprint density at radius 1 is 1.03 bits per heavy atom. The molecule has 0 aromatic heterocycles. The lowest BCUT2D eigenvalue weighted by molar-refractivity contribution is -0.145. The maximum absolute atomic E-state index is 12.3. The van der Waals surface area contributed by atoms with Crippen LogP contribution in [0.2, 0.25) is 0 Å². The van der Waals surface area contributed by atoms with Gasteiger partial charge in [-0.1, -0.05) is 55.5 Å². The van der Waals surface area contributed by atoms with E-state index in [-0.39, 0.29) is 30.8 Å². The number of rotatable bonds is 9. The number of ether oxygens (including phenoxy) is 1. The highest BCUT2D eigenvalue weighted by atomic mass is 16.5. The van der Waals surface area contributed by atoms with Gasteiger partial charge in [0.15, 0.2) is 0 Å². The number of carboxylic acid groups (broad SMARTS) is 1. The average Bonchev–Trinajstić information content (AvgIpc) is 2.99. The van der Waals surface area contributed by atoms with Crippen LogP contribution in [0.25, 0.3) is 11.1 Å². The Kier molecular flexibility index (Phi) is 6.67. The van der Waals surface area contributed by atoms with Gasteiger partial charge in [-0.15, -0.1) is 0 Å². The molecule has 3 rings (SSSR count). The molecule has 0 bridgehead atoms. The van der Waals surface area contributed by atoms with Gasteiger partial charge in [0.05, 0.1) is 12.5 Å². The Morgan fingerprint density at radius 2 is 1.59 bits per heavy atom. The molecule has 0 radical (unpaired) electrons. The number of aliphatic hydroxyl groups excluding tert-OH is 1. The summed E-state index contributed by atoms with van der Waals surface area (Å²) in [5, 5.41) is 18.5. The van der Waals surface area contributed by atoms with Crippen molar-refractivity contribution in [2.75, 3.05) is 6.61 Å². The number of carboxylic acids is 1. The van der Waals surface area contributed by atoms with Crippen LogP contribution in [0.3, 0.4) is 0 Å². The van der Waals surface area contributed by atoms with Crippen molar-refractivity contribution in [3.05, 3.63) is 59.7 Å². The minimum Gasteiger partial charge on any atom is -0.481 e. The molecule has 2 aromatic carbocycles. The number of carbonyl (C=O) groups is 2. The van der Waals surface area contributed by atoms with Crippen LogP contribution in [0.15, 0.2) is 48.5 Å². The van der Waals surface area contributed by atoms with Gasteiger partial charge in [0, 0.05) is 18.4 Å². The van der Waals surface area contributed by atoms with Gasteiger partial charge >= 0.3 is 11.9 Å². The summed E-state index contributed by atoms with van der Waals surface area (Å²) in [6.07, 6.45) is -1.02. The zero-order chi connectivity index (χ0) is 21.0. The molecule has 0 spiro atoms. The van der Waals surface area contributed by atoms with Gasteiger partial charge in [0.1, 0.15) is 6.61 Å². The summed E-state index contributed by atoms with van der Waals surface area (Å²) < 4.78 is 5.58. The lowest BCUT2D eigenvalue weighted by atomic mass is 9.94. The molecule has 1 aliphatic rings. The number of aliphatic hydroxyl groups is 1. The third kappa shape index (κ3) is 5.02. The van der Waals surface area contributed by atoms with E-state index in [1.165, 1.54) is 11.1 Å². The number of hydrogen-bond donors (Lipinski definition) is 3. The minimum absolute atomic E-state index is 0.0151. The number of benzene rings is 2. The fourth-order valence-corrected chi connectivity index (χ4v) is 3.99. The monoisotopic (exact) mass is 397 g/mol. The highest BCUT2D eigenvalue weighted by Crippen LogP contribution is 2.44. The Bertz CT molecular complexity index is 836. The van der Waals surface area contributed by atoms with E-state index in [0.29, 0.717) is 6.42 Å². The maximum atomic E-state index is 12.3. The summed E-state index contributed by atoms with van der Waals surface area (Å²) in [6, 6.07) is 15.6. The van der Waals surface area contributed by atoms with Crippen LogP contribution in [0.1, 0.15) is 43.2 Å². The maximum Gasteiger partial charge on any atom is 0.306 e. The molecule has 4 N–H and O–H groups in total. The van der Waals surface area contributed by atoms with E-state index in [1.54, 1.807) is 0 Å². The number of nitrogens with two attached hydrogens (primary N) is 1. The highest BCUT2D eigenvalue weighted by Gasteiger charge is 2.29. The van der Waals surface area contributed by atoms with Gasteiger partial charge in [-0.2, -0.15) is 0 Å². The van der Waals surface area contributed by atoms with Crippen molar-refractivity contribution in [1.82, 2.24) is 0 Å². The van der Waals surface area contributed by atoms with Gasteiger partial charge in [-0.25, -0.2) is 0 Å². The lowest BCUT2D eigenvalue weighted by Gasteiger charge is -2.21. The third-order valence-electron chi connectivity index (χ3n) is 5.44. The molecule has 0 heterocycles. The normalized spacial score (nSPS) is 15.8. The van der Waals surface area contributed by atoms with Gasteiger partial charge in [0.25, 0.3) is 0 Å². The molecule has 3 unspecified atom stereocenters. The van der Waals surface area contributed by atoms with E-state index < -0.39 is 24.5 Å². The average molecular weight is 397 g/mol. The van der Waals surface area contributed by atoms with Crippen molar-refractivity contribution in [3.8, 4) is 11.1 Å². The molecule has 6 heteroatoms. The minimum atomic E-state index is -1.13. The SMILES string of the molecule is CC(CC(=O)OCC1c2ccccc2-c2ccccc21)CC(N)C(O)CC(=O)O. The van der Waals surface area contributed by atoms with Crippen molar-refractivity contribution in [1.29, 1.82) is 0 Å². The Balaban J connectivity index is 1.55. The molecule has 0 fully saturated rings. The van der Waals surface area contributed by atoms with E-state index in [1.807, 2.05) is 31.2 Å². The zero-order valence-corrected chi connectivity index (χ0v) is 16.5. The first-order chi connectivity index (χ1) is 13.9. The molecule has 3 atom stereocenters. The second-order valence-electron chi connectivity index (χ2n) is 7.78. The predicted octanol–water partition coefficient (Wildman–Crippen LogP) is 2.92. The number of hydrogen-bond acceptors (Lipinski definition) is 5. The molecular weight excluding hydrogens is 370 g/mol. The van der Waals surface area contributed by atoms with E-state index in [2.05, 4.69) is 24.3 Å². The highest BCUT2D eigenvalue weighted by molar-refractivity contribution is 5.79. The van der Waals surface area contributed by atoms with Gasteiger partial charge in [-0.3, -0.25) is 9.59 Å².